The van der Waals surface area contributed by atoms with Crippen molar-refractivity contribution in [3.8, 4) is 5.88 Å². The molecule has 2 aliphatic rings. The van der Waals surface area contributed by atoms with Gasteiger partial charge in [0.25, 0.3) is 5.91 Å². The van der Waals surface area contributed by atoms with Gasteiger partial charge < -0.3 is 4.74 Å². The summed E-state index contributed by atoms with van der Waals surface area (Å²) < 4.78 is 5.19. The number of carbonyl (C=O) groups excluding carboxylic acids is 1. The number of ether oxygens (including phenoxy) is 1. The van der Waals surface area contributed by atoms with Gasteiger partial charge in [-0.25, -0.2) is 5.43 Å². The molecule has 2 aromatic heterocycles. The van der Waals surface area contributed by atoms with Crippen molar-refractivity contribution >= 4 is 28.9 Å². The quantitative estimate of drug-likeness (QED) is 0.878. The van der Waals surface area contributed by atoms with Gasteiger partial charge in [-0.3, -0.25) is 19.7 Å². The molecule has 0 fully saturated rings. The Morgan fingerprint density at radius 2 is 2.07 bits per heavy atom. The highest BCUT2D eigenvalue weighted by atomic mass is 35.5. The summed E-state index contributed by atoms with van der Waals surface area (Å²) in [7, 11) is 1.49. The molecule has 2 aromatic rings. The number of hydrogen-bond donors (Lipinski definition) is 1. The van der Waals surface area contributed by atoms with Crippen LogP contribution in [0, 0.1) is 6.92 Å². The Hall–Kier alpha value is -2.90. The molecule has 8 heteroatoms. The van der Waals surface area contributed by atoms with Crippen molar-refractivity contribution in [2.75, 3.05) is 18.6 Å². The first-order valence-corrected chi connectivity index (χ1v) is 8.79. The third kappa shape index (κ3) is 2.94. The molecule has 7 nitrogen and oxygen atoms in total. The Balaban J connectivity index is 1.82. The summed E-state index contributed by atoms with van der Waals surface area (Å²) in [5.74, 6) is 0.552. The number of aromatic nitrogens is 2. The number of amides is 1. The van der Waals surface area contributed by atoms with Crippen LogP contribution in [-0.2, 0) is 4.79 Å². The van der Waals surface area contributed by atoms with E-state index >= 15 is 0 Å². The van der Waals surface area contributed by atoms with E-state index in [1.165, 1.54) is 12.0 Å². The number of anilines is 1. The second-order valence-corrected chi connectivity index (χ2v) is 6.70. The van der Waals surface area contributed by atoms with Crippen molar-refractivity contribution in [3.05, 3.63) is 64.3 Å². The molecule has 0 bridgehead atoms. The lowest BCUT2D eigenvalue weighted by molar-refractivity contribution is -0.116. The highest BCUT2D eigenvalue weighted by molar-refractivity contribution is 6.31. The zero-order valence-electron chi connectivity index (χ0n) is 15.2. The van der Waals surface area contributed by atoms with Gasteiger partial charge in [0, 0.05) is 35.9 Å². The lowest BCUT2D eigenvalue weighted by Crippen LogP contribution is -2.43. The van der Waals surface area contributed by atoms with Crippen molar-refractivity contribution in [2.24, 2.45) is 0 Å². The number of pyridine rings is 2. The van der Waals surface area contributed by atoms with Crippen molar-refractivity contribution in [3.63, 3.8) is 0 Å². The summed E-state index contributed by atoms with van der Waals surface area (Å²) in [4.78, 5) is 23.4. The Bertz CT molecular complexity index is 1000. The first-order valence-electron chi connectivity index (χ1n) is 8.42. The first-order chi connectivity index (χ1) is 13.0. The standard InChI is InChI=1S/C19H18ClN5O2/c1-11-8-13(6-7-21-11)14-9-22-25-12(2)10-24(19(26)17(14)25)16-5-4-15(20)18(23-16)27-3/h4-8,10,22H,9H2,1-3H3. The molecule has 0 unspecified atom stereocenters. The number of methoxy groups -OCH3 is 1. The average Bonchev–Trinajstić information content (AvgIpc) is 3.11. The van der Waals surface area contributed by atoms with E-state index < -0.39 is 0 Å². The SMILES string of the molecule is COc1nc(N2C=C(C)N3NCC(c4ccnc(C)c4)=C3C2=O)ccc1Cl. The van der Waals surface area contributed by atoms with Gasteiger partial charge in [-0.15, -0.1) is 0 Å². The van der Waals surface area contributed by atoms with Crippen LogP contribution in [0.3, 0.4) is 0 Å². The average molecular weight is 384 g/mol. The van der Waals surface area contributed by atoms with Gasteiger partial charge in [-0.1, -0.05) is 11.6 Å². The maximum absolute atomic E-state index is 13.3. The van der Waals surface area contributed by atoms with Crippen LogP contribution in [0.15, 0.2) is 48.1 Å². The highest BCUT2D eigenvalue weighted by Gasteiger charge is 2.37. The molecular formula is C19H18ClN5O2. The van der Waals surface area contributed by atoms with E-state index in [0.29, 0.717) is 23.1 Å². The van der Waals surface area contributed by atoms with E-state index in [1.807, 2.05) is 31.0 Å². The summed E-state index contributed by atoms with van der Waals surface area (Å²) in [6, 6.07) is 7.25. The van der Waals surface area contributed by atoms with Crippen LogP contribution in [0.4, 0.5) is 5.82 Å². The summed E-state index contributed by atoms with van der Waals surface area (Å²) >= 11 is 6.07. The van der Waals surface area contributed by atoms with E-state index in [2.05, 4.69) is 15.4 Å². The number of hydrogen-bond acceptors (Lipinski definition) is 6. The van der Waals surface area contributed by atoms with Crippen LogP contribution in [0.25, 0.3) is 5.57 Å². The molecule has 0 atom stereocenters. The molecule has 0 aliphatic carbocycles. The predicted molar refractivity (Wildman–Crippen MR) is 103 cm³/mol. The lowest BCUT2D eigenvalue weighted by atomic mass is 10.0. The Morgan fingerprint density at radius 1 is 1.26 bits per heavy atom. The van der Waals surface area contributed by atoms with E-state index in [0.717, 1.165) is 22.5 Å². The zero-order valence-corrected chi connectivity index (χ0v) is 15.9. The van der Waals surface area contributed by atoms with Gasteiger partial charge in [0.1, 0.15) is 16.5 Å². The number of nitrogens with one attached hydrogen (secondary N) is 1. The molecule has 1 N–H and O–H groups in total. The summed E-state index contributed by atoms with van der Waals surface area (Å²) in [5, 5.41) is 2.21. The fourth-order valence-corrected chi connectivity index (χ4v) is 3.41. The van der Waals surface area contributed by atoms with Crippen LogP contribution in [0.2, 0.25) is 5.02 Å². The normalized spacial score (nSPS) is 16.6. The molecule has 2 aliphatic heterocycles. The minimum atomic E-state index is -0.174. The minimum absolute atomic E-state index is 0.174. The number of carbonyl (C=O) groups is 1. The summed E-state index contributed by atoms with van der Waals surface area (Å²) in [6.45, 7) is 4.42. The maximum Gasteiger partial charge on any atom is 0.282 e. The summed E-state index contributed by atoms with van der Waals surface area (Å²) in [6.07, 6.45) is 3.50. The van der Waals surface area contributed by atoms with Crippen molar-refractivity contribution < 1.29 is 9.53 Å². The molecule has 4 heterocycles. The molecule has 0 aromatic carbocycles. The summed E-state index contributed by atoms with van der Waals surface area (Å²) in [5.41, 5.74) is 7.51. The van der Waals surface area contributed by atoms with Crippen LogP contribution in [0.5, 0.6) is 5.88 Å². The number of rotatable bonds is 3. The maximum atomic E-state index is 13.3. The topological polar surface area (TPSA) is 70.6 Å². The van der Waals surface area contributed by atoms with Gasteiger partial charge in [-0.2, -0.15) is 4.98 Å². The monoisotopic (exact) mass is 383 g/mol. The smallest absolute Gasteiger partial charge is 0.282 e. The van der Waals surface area contributed by atoms with Gasteiger partial charge >= 0.3 is 0 Å². The molecule has 27 heavy (non-hydrogen) atoms. The van der Waals surface area contributed by atoms with Gasteiger partial charge in [0.2, 0.25) is 5.88 Å². The molecule has 1 amide bonds. The van der Waals surface area contributed by atoms with Crippen LogP contribution in [0.1, 0.15) is 18.2 Å². The number of halogens is 1. The van der Waals surface area contributed by atoms with Crippen LogP contribution >= 0.6 is 11.6 Å². The Labute approximate surface area is 161 Å². The zero-order chi connectivity index (χ0) is 19.1. The predicted octanol–water partition coefficient (Wildman–Crippen LogP) is 2.89. The third-order valence-electron chi connectivity index (χ3n) is 4.50. The van der Waals surface area contributed by atoms with Crippen molar-refractivity contribution in [1.82, 2.24) is 20.4 Å². The van der Waals surface area contributed by atoms with E-state index in [4.69, 9.17) is 16.3 Å². The van der Waals surface area contributed by atoms with Gasteiger partial charge in [0.05, 0.1) is 7.11 Å². The molecule has 138 valence electrons. The Morgan fingerprint density at radius 3 is 2.81 bits per heavy atom. The number of hydrazine groups is 1. The van der Waals surface area contributed by atoms with Crippen molar-refractivity contribution in [1.29, 1.82) is 0 Å². The van der Waals surface area contributed by atoms with E-state index in [1.54, 1.807) is 24.5 Å². The lowest BCUT2D eigenvalue weighted by Gasteiger charge is -2.32. The number of allylic oxidation sites excluding steroid dienone is 1. The molecule has 0 radical (unpaired) electrons. The second-order valence-electron chi connectivity index (χ2n) is 6.29. The van der Waals surface area contributed by atoms with Gasteiger partial charge in [-0.05, 0) is 43.7 Å². The number of fused-ring (bicyclic) bond motifs is 1. The van der Waals surface area contributed by atoms with Crippen LogP contribution < -0.4 is 15.1 Å². The number of nitrogens with zero attached hydrogens (tertiary/aromatic N) is 4. The molecular weight excluding hydrogens is 366 g/mol. The Kier molecular flexibility index (Phi) is 4.33. The highest BCUT2D eigenvalue weighted by Crippen LogP contribution is 2.35. The third-order valence-corrected chi connectivity index (χ3v) is 4.79. The molecule has 0 spiro atoms. The van der Waals surface area contributed by atoms with Crippen LogP contribution in [-0.4, -0.2) is 34.5 Å². The molecule has 0 saturated carbocycles. The second kappa shape index (κ2) is 6.68. The molecule has 0 saturated heterocycles. The molecule has 4 rings (SSSR count). The fraction of sp³-hybridized carbons (Fsp3) is 0.211. The van der Waals surface area contributed by atoms with E-state index in [9.17, 15) is 4.79 Å². The minimum Gasteiger partial charge on any atom is -0.480 e. The first kappa shape index (κ1) is 17.5. The number of aryl methyl sites for hydroxylation is 1. The van der Waals surface area contributed by atoms with Crippen molar-refractivity contribution in [2.45, 2.75) is 13.8 Å². The largest absolute Gasteiger partial charge is 0.480 e. The van der Waals surface area contributed by atoms with E-state index in [-0.39, 0.29) is 11.8 Å². The fourth-order valence-electron chi connectivity index (χ4n) is 3.23. The van der Waals surface area contributed by atoms with Gasteiger partial charge in [0.15, 0.2) is 0 Å².